The van der Waals surface area contributed by atoms with Gasteiger partial charge in [-0.1, -0.05) is 45.0 Å². The highest BCUT2D eigenvalue weighted by Crippen LogP contribution is 2.39. The lowest BCUT2D eigenvalue weighted by molar-refractivity contribution is 0.0544. The first-order chi connectivity index (χ1) is 21.4. The van der Waals surface area contributed by atoms with Crippen LogP contribution in [0.25, 0.3) is 5.65 Å². The molecule has 0 radical (unpaired) electrons. The Morgan fingerprint density at radius 2 is 1.67 bits per heavy atom. The van der Waals surface area contributed by atoms with E-state index < -0.39 is 0 Å². The molecule has 1 aliphatic heterocycles. The summed E-state index contributed by atoms with van der Waals surface area (Å²) in [5.74, 6) is 1.68. The minimum absolute atomic E-state index is 0.114. The van der Waals surface area contributed by atoms with E-state index in [4.69, 9.17) is 4.74 Å². The Bertz CT molecular complexity index is 1680. The molecule has 10 heteroatoms. The van der Waals surface area contributed by atoms with Crippen molar-refractivity contribution in [3.05, 3.63) is 83.1 Å². The molecule has 10 nitrogen and oxygen atoms in total. The molecule has 1 aliphatic carbocycles. The molecule has 238 valence electrons. The Kier molecular flexibility index (Phi) is 8.30. The predicted octanol–water partition coefficient (Wildman–Crippen LogP) is 5.99. The van der Waals surface area contributed by atoms with Gasteiger partial charge in [0, 0.05) is 48.7 Å². The number of anilines is 1. The summed E-state index contributed by atoms with van der Waals surface area (Å²) in [6, 6.07) is 15.7. The van der Waals surface area contributed by atoms with Gasteiger partial charge < -0.3 is 20.3 Å². The summed E-state index contributed by atoms with van der Waals surface area (Å²) in [7, 11) is 2.17. The Morgan fingerprint density at radius 3 is 2.40 bits per heavy atom. The summed E-state index contributed by atoms with van der Waals surface area (Å²) in [4.78, 5) is 22.7. The smallest absolute Gasteiger partial charge is 0.319 e. The maximum absolute atomic E-state index is 13.2. The van der Waals surface area contributed by atoms with Gasteiger partial charge in [0.2, 0.25) is 0 Å². The first kappa shape index (κ1) is 31.0. The van der Waals surface area contributed by atoms with E-state index in [1.54, 1.807) is 0 Å². The number of ether oxygens (including phenoxy) is 1. The molecule has 0 spiro atoms. The van der Waals surface area contributed by atoms with Crippen molar-refractivity contribution in [3.8, 4) is 5.75 Å². The van der Waals surface area contributed by atoms with E-state index in [1.807, 2.05) is 49.5 Å². The van der Waals surface area contributed by atoms with Crippen LogP contribution in [0.1, 0.15) is 87.9 Å². The molecule has 1 saturated heterocycles. The topological polar surface area (TPSA) is 99.9 Å². The Labute approximate surface area is 266 Å². The highest BCUT2D eigenvalue weighted by atomic mass is 16.5. The first-order valence-corrected chi connectivity index (χ1v) is 16.0. The standard InChI is InChI=1S/C35H46N8O2/c1-23-20-24(21-30(36-23)34(2,3)4)37-33(44)38-28-13-14-29(27-11-9-8-10-26(27)28)45-25-12-15-31-39-40-32(43(31)22-25)35(5,6)42-18-16-41(7)17-19-42/h8-12,15,20-22,28-29H,13-14,16-19H2,1-7H3,(H2,36,37,38,44)/t28-,29+/m0/s1. The summed E-state index contributed by atoms with van der Waals surface area (Å²) in [5.41, 5.74) is 5.14. The summed E-state index contributed by atoms with van der Waals surface area (Å²) in [6.45, 7) is 16.8. The van der Waals surface area contributed by atoms with Crippen molar-refractivity contribution in [1.82, 2.24) is 34.7 Å². The minimum atomic E-state index is -0.278. The summed E-state index contributed by atoms with van der Waals surface area (Å²) in [6.07, 6.45) is 3.41. The Morgan fingerprint density at radius 1 is 0.933 bits per heavy atom. The average molecular weight is 611 g/mol. The van der Waals surface area contributed by atoms with Gasteiger partial charge >= 0.3 is 6.03 Å². The Hall–Kier alpha value is -4.02. The van der Waals surface area contributed by atoms with E-state index in [-0.39, 0.29) is 29.1 Å². The quantitative estimate of drug-likeness (QED) is 0.277. The number of urea groups is 1. The second kappa shape index (κ2) is 12.1. The predicted molar refractivity (Wildman–Crippen MR) is 177 cm³/mol. The number of likely N-dealkylation sites (N-methyl/N-ethyl adjacent to an activating group) is 1. The van der Waals surface area contributed by atoms with Crippen molar-refractivity contribution < 1.29 is 9.53 Å². The molecule has 2 N–H and O–H groups in total. The first-order valence-electron chi connectivity index (χ1n) is 16.0. The molecule has 2 atom stereocenters. The van der Waals surface area contributed by atoms with Crippen molar-refractivity contribution in [2.75, 3.05) is 38.5 Å². The zero-order valence-electron chi connectivity index (χ0n) is 27.6. The monoisotopic (exact) mass is 610 g/mol. The molecule has 0 saturated carbocycles. The lowest BCUT2D eigenvalue weighted by atomic mass is 9.85. The fraction of sp³-hybridized carbons (Fsp3) is 0.486. The number of amides is 2. The van der Waals surface area contributed by atoms with Gasteiger partial charge in [0.05, 0.1) is 17.8 Å². The highest BCUT2D eigenvalue weighted by Gasteiger charge is 2.35. The third-order valence-electron chi connectivity index (χ3n) is 9.22. The number of hydrogen-bond donors (Lipinski definition) is 2. The van der Waals surface area contributed by atoms with E-state index >= 15 is 0 Å². The number of nitrogens with one attached hydrogen (secondary N) is 2. The number of aryl methyl sites for hydroxylation is 1. The molecule has 1 fully saturated rings. The normalized spacial score (nSPS) is 19.7. The van der Waals surface area contributed by atoms with Gasteiger partial charge in [-0.25, -0.2) is 4.79 Å². The van der Waals surface area contributed by atoms with E-state index in [9.17, 15) is 4.79 Å². The van der Waals surface area contributed by atoms with Gasteiger partial charge in [0.25, 0.3) is 0 Å². The molecule has 45 heavy (non-hydrogen) atoms. The zero-order valence-corrected chi connectivity index (χ0v) is 27.6. The van der Waals surface area contributed by atoms with Crippen LogP contribution in [0.15, 0.2) is 54.7 Å². The number of benzene rings is 1. The molecule has 2 aliphatic rings. The summed E-state index contributed by atoms with van der Waals surface area (Å²) in [5, 5.41) is 15.4. The van der Waals surface area contributed by atoms with Crippen LogP contribution in [0, 0.1) is 6.92 Å². The molecule has 4 heterocycles. The molecule has 1 aromatic carbocycles. The zero-order chi connectivity index (χ0) is 31.9. The van der Waals surface area contributed by atoms with Crippen molar-refractivity contribution in [3.63, 3.8) is 0 Å². The maximum atomic E-state index is 13.2. The molecule has 2 amide bonds. The number of piperazine rings is 1. The lowest BCUT2D eigenvalue weighted by Crippen LogP contribution is -2.52. The lowest BCUT2D eigenvalue weighted by Gasteiger charge is -2.42. The summed E-state index contributed by atoms with van der Waals surface area (Å²) >= 11 is 0. The van der Waals surface area contributed by atoms with Crippen molar-refractivity contribution >= 4 is 17.4 Å². The molecule has 4 aromatic rings. The van der Waals surface area contributed by atoms with Gasteiger partial charge in [0.15, 0.2) is 11.5 Å². The molecular formula is C35H46N8O2. The summed E-state index contributed by atoms with van der Waals surface area (Å²) < 4.78 is 8.73. The number of carbonyl (C=O) groups is 1. The number of nitrogens with zero attached hydrogens (tertiary/aromatic N) is 6. The van der Waals surface area contributed by atoms with Crippen molar-refractivity contribution in [2.45, 2.75) is 77.5 Å². The van der Waals surface area contributed by atoms with Crippen molar-refractivity contribution in [2.24, 2.45) is 0 Å². The van der Waals surface area contributed by atoms with E-state index in [2.05, 4.69) is 93.8 Å². The minimum Gasteiger partial charge on any atom is -0.484 e. The van der Waals surface area contributed by atoms with Gasteiger partial charge in [-0.2, -0.15) is 0 Å². The van der Waals surface area contributed by atoms with Crippen LogP contribution in [0.4, 0.5) is 10.5 Å². The third kappa shape index (κ3) is 6.53. The van der Waals surface area contributed by atoms with Gasteiger partial charge in [-0.05, 0) is 76.1 Å². The van der Waals surface area contributed by atoms with Gasteiger partial charge in [-0.15, -0.1) is 10.2 Å². The molecule has 0 unspecified atom stereocenters. The largest absolute Gasteiger partial charge is 0.484 e. The molecule has 3 aromatic heterocycles. The van der Waals surface area contributed by atoms with Gasteiger partial charge in [-0.3, -0.25) is 14.3 Å². The highest BCUT2D eigenvalue weighted by molar-refractivity contribution is 5.89. The molecular weight excluding hydrogens is 564 g/mol. The van der Waals surface area contributed by atoms with Crippen LogP contribution >= 0.6 is 0 Å². The van der Waals surface area contributed by atoms with Crippen LogP contribution in [0.2, 0.25) is 0 Å². The van der Waals surface area contributed by atoms with E-state index in [0.29, 0.717) is 0 Å². The van der Waals surface area contributed by atoms with Gasteiger partial charge in [0.1, 0.15) is 11.9 Å². The van der Waals surface area contributed by atoms with Crippen molar-refractivity contribution in [1.29, 1.82) is 0 Å². The van der Waals surface area contributed by atoms with Crippen LogP contribution in [-0.4, -0.2) is 68.6 Å². The van der Waals surface area contributed by atoms with Crippen LogP contribution < -0.4 is 15.4 Å². The molecule has 0 bridgehead atoms. The third-order valence-corrected chi connectivity index (χ3v) is 9.22. The number of hydrogen-bond acceptors (Lipinski definition) is 7. The van der Waals surface area contributed by atoms with Crippen LogP contribution in [0.3, 0.4) is 0 Å². The number of fused-ring (bicyclic) bond motifs is 2. The average Bonchev–Trinajstić information content (AvgIpc) is 3.42. The second-order valence-electron chi connectivity index (χ2n) is 14.1. The fourth-order valence-corrected chi connectivity index (χ4v) is 6.50. The van der Waals surface area contributed by atoms with E-state index in [1.165, 1.54) is 0 Å². The fourth-order valence-electron chi connectivity index (χ4n) is 6.50. The maximum Gasteiger partial charge on any atom is 0.319 e. The Balaban J connectivity index is 1.18. The number of pyridine rings is 2. The van der Waals surface area contributed by atoms with E-state index in [0.717, 1.165) is 84.4 Å². The SMILES string of the molecule is Cc1cc(NC(=O)N[C@H]2CC[C@@H](Oc3ccc4nnc(C(C)(C)N5CCN(C)CC5)n4c3)c3ccccc32)cc(C(C)(C)C)n1. The van der Waals surface area contributed by atoms with Crippen LogP contribution in [-0.2, 0) is 11.0 Å². The second-order valence-corrected chi connectivity index (χ2v) is 14.1. The number of aromatic nitrogens is 4. The number of rotatable bonds is 6. The number of carbonyl (C=O) groups excluding carboxylic acids is 1. The van der Waals surface area contributed by atoms with Crippen LogP contribution in [0.5, 0.6) is 5.75 Å². The molecule has 6 rings (SSSR count).